The summed E-state index contributed by atoms with van der Waals surface area (Å²) in [7, 11) is 1.93. The third-order valence-electron chi connectivity index (χ3n) is 2.76. The van der Waals surface area contributed by atoms with Crippen LogP contribution in [-0.4, -0.2) is 11.6 Å². The van der Waals surface area contributed by atoms with Crippen molar-refractivity contribution in [3.8, 4) is 6.07 Å². The summed E-state index contributed by atoms with van der Waals surface area (Å²) in [6, 6.07) is 14.1. The molecule has 0 fully saturated rings. The third-order valence-corrected chi connectivity index (χ3v) is 2.76. The van der Waals surface area contributed by atoms with Crippen molar-refractivity contribution in [3.05, 3.63) is 59.4 Å². The van der Waals surface area contributed by atoms with Crippen LogP contribution < -0.4 is 5.32 Å². The Morgan fingerprint density at radius 3 is 2.82 bits per heavy atom. The lowest BCUT2D eigenvalue weighted by Crippen LogP contribution is -2.11. The van der Waals surface area contributed by atoms with Gasteiger partial charge in [0.25, 0.3) is 0 Å². The maximum absolute atomic E-state index is 9.05. The predicted molar refractivity (Wildman–Crippen MR) is 67.5 cm³/mol. The van der Waals surface area contributed by atoms with E-state index in [9.17, 15) is 0 Å². The number of nitrogens with one attached hydrogen (secondary N) is 1. The highest BCUT2D eigenvalue weighted by Crippen LogP contribution is 2.12. The number of hydrogen-bond donors (Lipinski definition) is 1. The van der Waals surface area contributed by atoms with E-state index in [1.54, 1.807) is 0 Å². The van der Waals surface area contributed by atoms with Gasteiger partial charge in [-0.3, -0.25) is 0 Å². The molecule has 3 nitrogen and oxygen atoms in total. The van der Waals surface area contributed by atoms with Gasteiger partial charge in [0.15, 0.2) is 0 Å². The lowest BCUT2D eigenvalue weighted by Gasteiger charge is -2.10. The monoisotopic (exact) mass is 225 g/mol. The Balaban J connectivity index is 2.26. The quantitative estimate of drug-likeness (QED) is 0.866. The molecule has 0 aliphatic rings. The van der Waals surface area contributed by atoms with Crippen LogP contribution in [0.5, 0.6) is 0 Å². The highest BCUT2D eigenvalue weighted by Gasteiger charge is 2.04. The summed E-state index contributed by atoms with van der Waals surface area (Å²) in [5.74, 6) is 0. The molecule has 0 saturated carbocycles. The molecule has 17 heavy (non-hydrogen) atoms. The van der Waals surface area contributed by atoms with Crippen molar-refractivity contribution in [1.82, 2.24) is 9.88 Å². The van der Waals surface area contributed by atoms with Crippen molar-refractivity contribution in [2.45, 2.75) is 13.1 Å². The summed E-state index contributed by atoms with van der Waals surface area (Å²) in [5.41, 5.74) is 3.03. The van der Waals surface area contributed by atoms with E-state index in [0.717, 1.165) is 24.2 Å². The van der Waals surface area contributed by atoms with Gasteiger partial charge in [0.2, 0.25) is 0 Å². The Hall–Kier alpha value is -2.05. The molecule has 1 aromatic carbocycles. The number of benzene rings is 1. The average Bonchev–Trinajstić information content (AvgIpc) is 2.78. The normalized spacial score (nSPS) is 10.1. The van der Waals surface area contributed by atoms with Gasteiger partial charge in [-0.1, -0.05) is 18.2 Å². The third kappa shape index (κ3) is 2.55. The minimum atomic E-state index is 0.744. The number of nitriles is 1. The zero-order valence-corrected chi connectivity index (χ0v) is 9.85. The van der Waals surface area contributed by atoms with E-state index in [2.05, 4.69) is 22.0 Å². The van der Waals surface area contributed by atoms with E-state index >= 15 is 0 Å². The molecule has 2 aromatic rings. The molecule has 1 aromatic heterocycles. The van der Waals surface area contributed by atoms with Crippen LogP contribution in [0.15, 0.2) is 42.6 Å². The summed E-state index contributed by atoms with van der Waals surface area (Å²) >= 11 is 0. The number of hydrogen-bond acceptors (Lipinski definition) is 2. The Kier molecular flexibility index (Phi) is 3.59. The zero-order valence-electron chi connectivity index (χ0n) is 9.85. The van der Waals surface area contributed by atoms with Crippen molar-refractivity contribution >= 4 is 0 Å². The maximum Gasteiger partial charge on any atom is 0.0995 e. The van der Waals surface area contributed by atoms with Crippen LogP contribution >= 0.6 is 0 Å². The fourth-order valence-electron chi connectivity index (χ4n) is 1.90. The maximum atomic E-state index is 9.05. The van der Waals surface area contributed by atoms with Gasteiger partial charge < -0.3 is 9.88 Å². The van der Waals surface area contributed by atoms with Crippen molar-refractivity contribution in [3.63, 3.8) is 0 Å². The first-order valence-electron chi connectivity index (χ1n) is 5.61. The molecule has 3 heteroatoms. The van der Waals surface area contributed by atoms with Crippen LogP contribution in [0.2, 0.25) is 0 Å². The van der Waals surface area contributed by atoms with Crippen LogP contribution in [-0.2, 0) is 13.1 Å². The van der Waals surface area contributed by atoms with E-state index in [0.29, 0.717) is 0 Å². The second-order valence-corrected chi connectivity index (χ2v) is 3.93. The van der Waals surface area contributed by atoms with Crippen LogP contribution in [0.25, 0.3) is 0 Å². The minimum absolute atomic E-state index is 0.744. The Labute approximate surface area is 101 Å². The Morgan fingerprint density at radius 1 is 1.24 bits per heavy atom. The van der Waals surface area contributed by atoms with E-state index in [-0.39, 0.29) is 0 Å². The van der Waals surface area contributed by atoms with Crippen molar-refractivity contribution in [2.75, 3.05) is 7.05 Å². The highest BCUT2D eigenvalue weighted by atomic mass is 15.0. The fourth-order valence-corrected chi connectivity index (χ4v) is 1.90. The lowest BCUT2D eigenvalue weighted by atomic mass is 10.1. The predicted octanol–water partition coefficient (Wildman–Crippen LogP) is 2.13. The molecule has 0 atom stereocenters. The SMILES string of the molecule is CNCc1cccn1Cc1ccccc1C#N. The summed E-state index contributed by atoms with van der Waals surface area (Å²) in [6.45, 7) is 1.58. The molecule has 0 spiro atoms. The van der Waals surface area contributed by atoms with Gasteiger partial charge in [0.1, 0.15) is 0 Å². The number of aromatic nitrogens is 1. The zero-order chi connectivity index (χ0) is 12.1. The fraction of sp³-hybridized carbons (Fsp3) is 0.214. The molecular formula is C14H15N3. The van der Waals surface area contributed by atoms with Crippen molar-refractivity contribution < 1.29 is 0 Å². The summed E-state index contributed by atoms with van der Waals surface area (Å²) in [4.78, 5) is 0. The molecule has 1 N–H and O–H groups in total. The van der Waals surface area contributed by atoms with E-state index < -0.39 is 0 Å². The molecule has 0 aliphatic carbocycles. The molecule has 0 bridgehead atoms. The molecule has 86 valence electrons. The first kappa shape index (κ1) is 11.4. The molecule has 1 heterocycles. The summed E-state index contributed by atoms with van der Waals surface area (Å²) in [6.07, 6.45) is 2.04. The van der Waals surface area contributed by atoms with E-state index in [1.165, 1.54) is 5.69 Å². The topological polar surface area (TPSA) is 40.8 Å². The molecule has 0 radical (unpaired) electrons. The number of nitrogens with zero attached hydrogens (tertiary/aromatic N) is 2. The number of rotatable bonds is 4. The van der Waals surface area contributed by atoms with Crippen molar-refractivity contribution in [1.29, 1.82) is 5.26 Å². The second kappa shape index (κ2) is 5.33. The lowest BCUT2D eigenvalue weighted by molar-refractivity contribution is 0.693. The van der Waals surface area contributed by atoms with Crippen molar-refractivity contribution in [2.24, 2.45) is 0 Å². The first-order chi connectivity index (χ1) is 8.35. The minimum Gasteiger partial charge on any atom is -0.346 e. The smallest absolute Gasteiger partial charge is 0.0995 e. The van der Waals surface area contributed by atoms with Crippen LogP contribution in [0.1, 0.15) is 16.8 Å². The Bertz CT molecular complexity index is 534. The molecule has 0 saturated heterocycles. The molecular weight excluding hydrogens is 210 g/mol. The average molecular weight is 225 g/mol. The van der Waals surface area contributed by atoms with Gasteiger partial charge in [0.05, 0.1) is 11.6 Å². The first-order valence-corrected chi connectivity index (χ1v) is 5.61. The molecule has 2 rings (SSSR count). The van der Waals surface area contributed by atoms with Crippen LogP contribution in [0.4, 0.5) is 0 Å². The largest absolute Gasteiger partial charge is 0.346 e. The molecule has 0 unspecified atom stereocenters. The second-order valence-electron chi connectivity index (χ2n) is 3.93. The molecule has 0 aliphatic heterocycles. The van der Waals surface area contributed by atoms with E-state index in [1.807, 2.05) is 43.6 Å². The summed E-state index contributed by atoms with van der Waals surface area (Å²) < 4.78 is 2.16. The van der Waals surface area contributed by atoms with Gasteiger partial charge in [-0.2, -0.15) is 5.26 Å². The Morgan fingerprint density at radius 2 is 2.06 bits per heavy atom. The van der Waals surface area contributed by atoms with Crippen LogP contribution in [0, 0.1) is 11.3 Å². The van der Waals surface area contributed by atoms with E-state index in [4.69, 9.17) is 5.26 Å². The van der Waals surface area contributed by atoms with Gasteiger partial charge in [0, 0.05) is 25.0 Å². The molecule has 0 amide bonds. The summed E-state index contributed by atoms with van der Waals surface area (Å²) in [5, 5.41) is 12.2. The van der Waals surface area contributed by atoms with Gasteiger partial charge in [-0.05, 0) is 30.8 Å². The highest BCUT2D eigenvalue weighted by molar-refractivity contribution is 5.37. The van der Waals surface area contributed by atoms with Gasteiger partial charge >= 0.3 is 0 Å². The van der Waals surface area contributed by atoms with Crippen LogP contribution in [0.3, 0.4) is 0 Å². The van der Waals surface area contributed by atoms with Gasteiger partial charge in [-0.15, -0.1) is 0 Å². The standard InChI is InChI=1S/C14H15N3/c1-16-10-14-7-4-8-17(14)11-13-6-3-2-5-12(13)9-15/h2-8,16H,10-11H2,1H3. The van der Waals surface area contributed by atoms with Gasteiger partial charge in [-0.25, -0.2) is 0 Å².